The number of hydrogen-bond donors (Lipinski definition) is 1. The number of nitrogens with two attached hydrogens (primary N) is 1. The first-order valence-corrected chi connectivity index (χ1v) is 5.78. The fourth-order valence-corrected chi connectivity index (χ4v) is 1.26. The molecule has 17 heavy (non-hydrogen) atoms. The van der Waals surface area contributed by atoms with Crippen molar-refractivity contribution in [1.29, 1.82) is 5.26 Å². The van der Waals surface area contributed by atoms with Crippen LogP contribution >= 0.6 is 15.9 Å². The Labute approximate surface area is 107 Å². The van der Waals surface area contributed by atoms with Crippen molar-refractivity contribution in [2.45, 2.75) is 18.7 Å². The molecule has 0 aliphatic carbocycles. The van der Waals surface area contributed by atoms with Gasteiger partial charge in [0, 0.05) is 0 Å². The smallest absolute Gasteiger partial charge is 0.350 e. The number of carbonyl (C=O) groups excluding carboxylic acids is 2. The maximum absolute atomic E-state index is 11.3. The lowest BCUT2D eigenvalue weighted by atomic mass is 10.2. The Bertz CT molecular complexity index is 373. The van der Waals surface area contributed by atoms with E-state index in [-0.39, 0.29) is 18.9 Å². The Kier molecular flexibility index (Phi) is 6.98. The Morgan fingerprint density at radius 3 is 2.29 bits per heavy atom. The number of ether oxygens (including phenoxy) is 2. The SMILES string of the molecule is CCOC(=O)/C(C#N)=C(/N)C(Br)C(=O)OCC. The van der Waals surface area contributed by atoms with E-state index < -0.39 is 22.3 Å². The van der Waals surface area contributed by atoms with Crippen molar-refractivity contribution in [3.63, 3.8) is 0 Å². The van der Waals surface area contributed by atoms with Crippen LogP contribution < -0.4 is 5.73 Å². The van der Waals surface area contributed by atoms with Gasteiger partial charge in [-0.2, -0.15) is 5.26 Å². The zero-order valence-corrected chi connectivity index (χ0v) is 11.1. The summed E-state index contributed by atoms with van der Waals surface area (Å²) in [4.78, 5) is 21.6. The van der Waals surface area contributed by atoms with Gasteiger partial charge in [0.2, 0.25) is 0 Å². The van der Waals surface area contributed by atoms with Crippen LogP contribution in [-0.4, -0.2) is 30.0 Å². The number of nitriles is 1. The van der Waals surface area contributed by atoms with E-state index >= 15 is 0 Å². The van der Waals surface area contributed by atoms with Crippen molar-refractivity contribution in [2.24, 2.45) is 5.73 Å². The van der Waals surface area contributed by atoms with Crippen LogP contribution in [0.5, 0.6) is 0 Å². The normalized spacial score (nSPS) is 13.1. The summed E-state index contributed by atoms with van der Waals surface area (Å²) in [5.41, 5.74) is 4.92. The molecule has 0 radical (unpaired) electrons. The van der Waals surface area contributed by atoms with Gasteiger partial charge in [-0.05, 0) is 13.8 Å². The molecule has 0 saturated heterocycles. The molecule has 0 bridgehead atoms. The monoisotopic (exact) mass is 304 g/mol. The summed E-state index contributed by atoms with van der Waals surface area (Å²) in [5, 5.41) is 8.79. The molecule has 0 aromatic carbocycles. The van der Waals surface area contributed by atoms with Crippen LogP contribution in [0.3, 0.4) is 0 Å². The van der Waals surface area contributed by atoms with Gasteiger partial charge in [-0.3, -0.25) is 4.79 Å². The van der Waals surface area contributed by atoms with E-state index in [0.717, 1.165) is 0 Å². The first kappa shape index (κ1) is 15.4. The highest BCUT2D eigenvalue weighted by Gasteiger charge is 2.25. The molecule has 0 aliphatic heterocycles. The highest BCUT2D eigenvalue weighted by Crippen LogP contribution is 2.14. The van der Waals surface area contributed by atoms with E-state index in [2.05, 4.69) is 20.7 Å². The molecule has 1 atom stereocenters. The van der Waals surface area contributed by atoms with Gasteiger partial charge < -0.3 is 15.2 Å². The Morgan fingerprint density at radius 2 is 1.88 bits per heavy atom. The van der Waals surface area contributed by atoms with Crippen molar-refractivity contribution in [1.82, 2.24) is 0 Å². The van der Waals surface area contributed by atoms with E-state index in [1.165, 1.54) is 0 Å². The molecule has 0 spiro atoms. The van der Waals surface area contributed by atoms with Crippen LogP contribution in [-0.2, 0) is 19.1 Å². The van der Waals surface area contributed by atoms with Gasteiger partial charge >= 0.3 is 11.9 Å². The Balaban J connectivity index is 5.04. The molecule has 1 unspecified atom stereocenters. The molecule has 6 nitrogen and oxygen atoms in total. The lowest BCUT2D eigenvalue weighted by Gasteiger charge is -2.10. The van der Waals surface area contributed by atoms with Crippen molar-refractivity contribution < 1.29 is 19.1 Å². The molecule has 0 rings (SSSR count). The highest BCUT2D eigenvalue weighted by atomic mass is 79.9. The molecular weight excluding hydrogens is 292 g/mol. The second-order valence-electron chi connectivity index (χ2n) is 2.78. The topological polar surface area (TPSA) is 102 Å². The number of halogens is 1. The summed E-state index contributed by atoms with van der Waals surface area (Å²) in [6.45, 7) is 3.52. The quantitative estimate of drug-likeness (QED) is 0.345. The molecule has 0 heterocycles. The molecule has 0 saturated carbocycles. The number of alkyl halides is 1. The van der Waals surface area contributed by atoms with Crippen LogP contribution in [0.1, 0.15) is 13.8 Å². The number of nitrogens with zero attached hydrogens (tertiary/aromatic N) is 1. The first-order valence-electron chi connectivity index (χ1n) is 4.87. The van der Waals surface area contributed by atoms with Crippen LogP contribution in [0.2, 0.25) is 0 Å². The number of rotatable bonds is 5. The van der Waals surface area contributed by atoms with Gasteiger partial charge in [0.15, 0.2) is 10.4 Å². The molecule has 7 heteroatoms. The number of hydrogen-bond acceptors (Lipinski definition) is 6. The predicted molar refractivity (Wildman–Crippen MR) is 62.8 cm³/mol. The van der Waals surface area contributed by atoms with Gasteiger partial charge in [-0.1, -0.05) is 15.9 Å². The fraction of sp³-hybridized carbons (Fsp3) is 0.500. The molecule has 2 N–H and O–H groups in total. The van der Waals surface area contributed by atoms with Crippen molar-refractivity contribution in [3.8, 4) is 6.07 Å². The molecule has 0 aliphatic rings. The van der Waals surface area contributed by atoms with Crippen LogP contribution in [0.25, 0.3) is 0 Å². The second kappa shape index (κ2) is 7.68. The third-order valence-electron chi connectivity index (χ3n) is 1.65. The zero-order chi connectivity index (χ0) is 13.4. The van der Waals surface area contributed by atoms with E-state index in [1.54, 1.807) is 19.9 Å². The highest BCUT2D eigenvalue weighted by molar-refractivity contribution is 9.10. The largest absolute Gasteiger partial charge is 0.465 e. The molecule has 0 fully saturated rings. The third-order valence-corrected chi connectivity index (χ3v) is 2.51. The van der Waals surface area contributed by atoms with Gasteiger partial charge in [0.25, 0.3) is 0 Å². The molecule has 0 aromatic rings. The molecular formula is C10H13BrN2O4. The summed E-state index contributed by atoms with van der Waals surface area (Å²) in [6, 6.07) is 1.61. The van der Waals surface area contributed by atoms with E-state index in [1.807, 2.05) is 0 Å². The molecule has 0 amide bonds. The summed E-state index contributed by atoms with van der Waals surface area (Å²) in [7, 11) is 0. The van der Waals surface area contributed by atoms with Crippen LogP contribution in [0.4, 0.5) is 0 Å². The Morgan fingerprint density at radius 1 is 1.35 bits per heavy atom. The summed E-state index contributed by atoms with van der Waals surface area (Å²) in [6.07, 6.45) is 0. The van der Waals surface area contributed by atoms with Crippen LogP contribution in [0.15, 0.2) is 11.3 Å². The Hall–Kier alpha value is -1.55. The minimum atomic E-state index is -1.04. The molecule has 94 valence electrons. The third kappa shape index (κ3) is 4.44. The van der Waals surface area contributed by atoms with E-state index in [9.17, 15) is 9.59 Å². The van der Waals surface area contributed by atoms with Gasteiger partial charge in [-0.15, -0.1) is 0 Å². The average Bonchev–Trinajstić information content (AvgIpc) is 2.29. The maximum Gasteiger partial charge on any atom is 0.350 e. The first-order chi connectivity index (χ1) is 7.99. The lowest BCUT2D eigenvalue weighted by molar-refractivity contribution is -0.141. The van der Waals surface area contributed by atoms with E-state index in [0.29, 0.717) is 0 Å². The van der Waals surface area contributed by atoms with E-state index in [4.69, 9.17) is 15.7 Å². The van der Waals surface area contributed by atoms with Crippen molar-refractivity contribution >= 4 is 27.9 Å². The zero-order valence-electron chi connectivity index (χ0n) is 9.53. The standard InChI is InChI=1S/C10H13BrN2O4/c1-3-16-9(14)6(5-12)8(13)7(11)10(15)17-4-2/h7H,3-4,13H2,1-2H3/b8-6+. The van der Waals surface area contributed by atoms with Crippen molar-refractivity contribution in [3.05, 3.63) is 11.3 Å². The lowest BCUT2D eigenvalue weighted by Crippen LogP contribution is -2.27. The van der Waals surface area contributed by atoms with Gasteiger partial charge in [-0.25, -0.2) is 4.79 Å². The van der Waals surface area contributed by atoms with Crippen LogP contribution in [0, 0.1) is 11.3 Å². The predicted octanol–water partition coefficient (Wildman–Crippen LogP) is 0.612. The maximum atomic E-state index is 11.3. The van der Waals surface area contributed by atoms with Gasteiger partial charge in [0.1, 0.15) is 6.07 Å². The average molecular weight is 305 g/mol. The minimum absolute atomic E-state index is 0.115. The minimum Gasteiger partial charge on any atom is -0.465 e. The summed E-state index contributed by atoms with van der Waals surface area (Å²) >= 11 is 2.95. The summed E-state index contributed by atoms with van der Waals surface area (Å²) in [5.74, 6) is -1.52. The second-order valence-corrected chi connectivity index (χ2v) is 3.69. The van der Waals surface area contributed by atoms with Gasteiger partial charge in [0.05, 0.1) is 18.9 Å². The molecule has 0 aromatic heterocycles. The van der Waals surface area contributed by atoms with Crippen molar-refractivity contribution in [2.75, 3.05) is 13.2 Å². The summed E-state index contributed by atoms with van der Waals surface area (Å²) < 4.78 is 9.33. The number of carbonyl (C=O) groups is 2. The number of esters is 2. The fourth-order valence-electron chi connectivity index (χ4n) is 0.900.